The zero-order chi connectivity index (χ0) is 14.7. The summed E-state index contributed by atoms with van der Waals surface area (Å²) in [6.45, 7) is 2.77. The topological polar surface area (TPSA) is 44.1 Å². The molecule has 0 radical (unpaired) electrons. The van der Waals surface area contributed by atoms with E-state index in [0.717, 1.165) is 5.56 Å². The Kier molecular flexibility index (Phi) is 4.81. The largest absolute Gasteiger partial charge is 0.383 e. The van der Waals surface area contributed by atoms with Gasteiger partial charge in [-0.3, -0.25) is 9.48 Å². The van der Waals surface area contributed by atoms with Crippen molar-refractivity contribution in [1.29, 1.82) is 0 Å². The third-order valence-corrected chi connectivity index (χ3v) is 3.47. The second-order valence-corrected chi connectivity index (χ2v) is 5.19. The second kappa shape index (κ2) is 6.39. The van der Waals surface area contributed by atoms with Gasteiger partial charge in [-0.2, -0.15) is 5.10 Å². The third kappa shape index (κ3) is 3.03. The molecule has 0 unspecified atom stereocenters. The Labute approximate surface area is 127 Å². The first kappa shape index (κ1) is 15.0. The highest BCUT2D eigenvalue weighted by atomic mass is 35.5. The van der Waals surface area contributed by atoms with Crippen molar-refractivity contribution in [1.82, 2.24) is 9.78 Å². The molecule has 0 bridgehead atoms. The molecular formula is C14H14Cl2N2O2. The number of carbonyl (C=O) groups excluding carboxylic acids is 1. The van der Waals surface area contributed by atoms with Crippen LogP contribution in [0.1, 0.15) is 21.6 Å². The summed E-state index contributed by atoms with van der Waals surface area (Å²) in [4.78, 5) is 12.6. The Bertz CT molecular complexity index is 638. The summed E-state index contributed by atoms with van der Waals surface area (Å²) >= 11 is 12.0. The maximum Gasteiger partial charge on any atom is 0.212 e. The van der Waals surface area contributed by atoms with Crippen LogP contribution in [-0.4, -0.2) is 29.3 Å². The van der Waals surface area contributed by atoms with E-state index in [0.29, 0.717) is 34.5 Å². The second-order valence-electron chi connectivity index (χ2n) is 4.35. The molecule has 0 spiro atoms. The van der Waals surface area contributed by atoms with Gasteiger partial charge < -0.3 is 4.74 Å². The molecule has 1 heterocycles. The zero-order valence-electron chi connectivity index (χ0n) is 11.2. The number of ketones is 1. The quantitative estimate of drug-likeness (QED) is 0.795. The van der Waals surface area contributed by atoms with Crippen LogP contribution in [0.2, 0.25) is 10.0 Å². The molecule has 6 heteroatoms. The van der Waals surface area contributed by atoms with Crippen LogP contribution in [0.15, 0.2) is 24.4 Å². The predicted octanol–water partition coefficient (Wildman–Crippen LogP) is 3.38. The molecule has 1 aromatic carbocycles. The van der Waals surface area contributed by atoms with E-state index in [1.807, 2.05) is 6.92 Å². The molecule has 0 saturated carbocycles. The van der Waals surface area contributed by atoms with Crippen LogP contribution in [0, 0.1) is 6.92 Å². The highest BCUT2D eigenvalue weighted by Gasteiger charge is 2.20. The molecule has 0 aliphatic carbocycles. The summed E-state index contributed by atoms with van der Waals surface area (Å²) in [5.74, 6) is -0.191. The molecule has 1 aromatic heterocycles. The van der Waals surface area contributed by atoms with Gasteiger partial charge in [0.05, 0.1) is 24.4 Å². The lowest BCUT2D eigenvalue weighted by atomic mass is 10.0. The van der Waals surface area contributed by atoms with Crippen LogP contribution in [0.3, 0.4) is 0 Å². The van der Waals surface area contributed by atoms with Gasteiger partial charge in [0.2, 0.25) is 5.78 Å². The fourth-order valence-electron chi connectivity index (χ4n) is 1.90. The maximum atomic E-state index is 12.6. The minimum Gasteiger partial charge on any atom is -0.383 e. The molecule has 0 amide bonds. The lowest BCUT2D eigenvalue weighted by Crippen LogP contribution is -2.15. The van der Waals surface area contributed by atoms with E-state index in [2.05, 4.69) is 5.10 Å². The Hall–Kier alpha value is -1.36. The monoisotopic (exact) mass is 312 g/mol. The van der Waals surface area contributed by atoms with E-state index in [9.17, 15) is 4.79 Å². The van der Waals surface area contributed by atoms with Gasteiger partial charge in [-0.25, -0.2) is 0 Å². The van der Waals surface area contributed by atoms with E-state index in [1.54, 1.807) is 30.0 Å². The van der Waals surface area contributed by atoms with Crippen LogP contribution in [0.25, 0.3) is 0 Å². The number of hydrogen-bond donors (Lipinski definition) is 0. The summed E-state index contributed by atoms with van der Waals surface area (Å²) in [5.41, 5.74) is 1.72. The molecule has 4 nitrogen and oxygen atoms in total. The molecule has 20 heavy (non-hydrogen) atoms. The lowest BCUT2D eigenvalue weighted by molar-refractivity contribution is 0.102. The van der Waals surface area contributed by atoms with Crippen LogP contribution in [-0.2, 0) is 11.3 Å². The van der Waals surface area contributed by atoms with Crippen molar-refractivity contribution in [3.63, 3.8) is 0 Å². The molecule has 2 rings (SSSR count). The lowest BCUT2D eigenvalue weighted by Gasteiger charge is -2.09. The zero-order valence-corrected chi connectivity index (χ0v) is 12.7. The number of aromatic nitrogens is 2. The molecule has 0 N–H and O–H groups in total. The normalized spacial score (nSPS) is 10.8. The Morgan fingerprint density at radius 1 is 1.40 bits per heavy atom. The minimum absolute atomic E-state index is 0.191. The SMILES string of the molecule is COCCn1ncc(Cl)c1C(=O)c1cc(Cl)ccc1C. The van der Waals surface area contributed by atoms with Crippen LogP contribution in [0.5, 0.6) is 0 Å². The summed E-state index contributed by atoms with van der Waals surface area (Å²) < 4.78 is 6.55. The number of hydrogen-bond acceptors (Lipinski definition) is 3. The van der Waals surface area contributed by atoms with E-state index in [1.165, 1.54) is 6.20 Å². The first-order valence-electron chi connectivity index (χ1n) is 6.05. The van der Waals surface area contributed by atoms with Gasteiger partial charge in [-0.05, 0) is 24.6 Å². The van der Waals surface area contributed by atoms with Crippen molar-refractivity contribution in [2.75, 3.05) is 13.7 Å². The van der Waals surface area contributed by atoms with Crippen LogP contribution in [0.4, 0.5) is 0 Å². The number of benzene rings is 1. The van der Waals surface area contributed by atoms with Gasteiger partial charge in [0.25, 0.3) is 0 Å². The molecular weight excluding hydrogens is 299 g/mol. The smallest absolute Gasteiger partial charge is 0.212 e. The molecule has 106 valence electrons. The van der Waals surface area contributed by atoms with E-state index in [-0.39, 0.29) is 5.78 Å². The first-order chi connectivity index (χ1) is 9.54. The van der Waals surface area contributed by atoms with Crippen molar-refractivity contribution in [2.24, 2.45) is 0 Å². The fraction of sp³-hybridized carbons (Fsp3) is 0.286. The average Bonchev–Trinajstić information content (AvgIpc) is 2.79. The number of rotatable bonds is 5. The number of carbonyl (C=O) groups is 1. The Morgan fingerprint density at radius 3 is 2.85 bits per heavy atom. The maximum absolute atomic E-state index is 12.6. The highest BCUT2D eigenvalue weighted by molar-refractivity contribution is 6.35. The average molecular weight is 313 g/mol. The van der Waals surface area contributed by atoms with Gasteiger partial charge >= 0.3 is 0 Å². The van der Waals surface area contributed by atoms with Gasteiger partial charge in [0.1, 0.15) is 5.69 Å². The first-order valence-corrected chi connectivity index (χ1v) is 6.81. The number of halogens is 2. The summed E-state index contributed by atoms with van der Waals surface area (Å²) in [5, 5.41) is 4.94. The Balaban J connectivity index is 2.42. The summed E-state index contributed by atoms with van der Waals surface area (Å²) in [6.07, 6.45) is 1.46. The van der Waals surface area contributed by atoms with Crippen molar-refractivity contribution in [2.45, 2.75) is 13.5 Å². The molecule has 0 atom stereocenters. The van der Waals surface area contributed by atoms with Crippen molar-refractivity contribution in [3.8, 4) is 0 Å². The minimum atomic E-state index is -0.191. The third-order valence-electron chi connectivity index (χ3n) is 2.96. The molecule has 0 aliphatic heterocycles. The number of nitrogens with zero attached hydrogens (tertiary/aromatic N) is 2. The van der Waals surface area contributed by atoms with Crippen molar-refractivity contribution < 1.29 is 9.53 Å². The molecule has 0 aliphatic rings. The molecule has 0 saturated heterocycles. The molecule has 0 fully saturated rings. The number of aryl methyl sites for hydroxylation is 1. The number of methoxy groups -OCH3 is 1. The number of ether oxygens (including phenoxy) is 1. The van der Waals surface area contributed by atoms with Crippen molar-refractivity contribution >= 4 is 29.0 Å². The predicted molar refractivity (Wildman–Crippen MR) is 78.7 cm³/mol. The van der Waals surface area contributed by atoms with Gasteiger partial charge in [0, 0.05) is 17.7 Å². The summed E-state index contributed by atoms with van der Waals surface area (Å²) in [6, 6.07) is 5.19. The van der Waals surface area contributed by atoms with Crippen molar-refractivity contribution in [3.05, 3.63) is 51.3 Å². The highest BCUT2D eigenvalue weighted by Crippen LogP contribution is 2.23. The molecule has 2 aromatic rings. The summed E-state index contributed by atoms with van der Waals surface area (Å²) in [7, 11) is 1.59. The standard InChI is InChI=1S/C14H14Cl2N2O2/c1-9-3-4-10(15)7-11(9)14(19)13-12(16)8-17-18(13)5-6-20-2/h3-4,7-8H,5-6H2,1-2H3. The van der Waals surface area contributed by atoms with Crippen LogP contribution >= 0.6 is 23.2 Å². The van der Waals surface area contributed by atoms with Gasteiger partial charge in [-0.1, -0.05) is 29.3 Å². The van der Waals surface area contributed by atoms with E-state index in [4.69, 9.17) is 27.9 Å². The Morgan fingerprint density at radius 2 is 2.15 bits per heavy atom. The van der Waals surface area contributed by atoms with E-state index < -0.39 is 0 Å². The fourth-order valence-corrected chi connectivity index (χ4v) is 2.30. The van der Waals surface area contributed by atoms with Crippen LogP contribution < -0.4 is 0 Å². The van der Waals surface area contributed by atoms with Gasteiger partial charge in [-0.15, -0.1) is 0 Å². The van der Waals surface area contributed by atoms with E-state index >= 15 is 0 Å². The van der Waals surface area contributed by atoms with Gasteiger partial charge in [0.15, 0.2) is 0 Å².